The van der Waals surface area contributed by atoms with E-state index in [1.807, 2.05) is 0 Å². The molecule has 0 aliphatic carbocycles. The van der Waals surface area contributed by atoms with Gasteiger partial charge in [-0.05, 0) is 25.7 Å². The highest BCUT2D eigenvalue weighted by atomic mass is 32.2. The van der Waals surface area contributed by atoms with E-state index in [-0.39, 0.29) is 16.1 Å². The molecule has 0 amide bonds. The van der Waals surface area contributed by atoms with E-state index in [1.165, 1.54) is 0 Å². The van der Waals surface area contributed by atoms with E-state index in [0.717, 1.165) is 38.7 Å². The van der Waals surface area contributed by atoms with Crippen LogP contribution in [0.25, 0.3) is 0 Å². The van der Waals surface area contributed by atoms with Crippen molar-refractivity contribution in [2.24, 2.45) is 0 Å². The molecule has 3 nitrogen and oxygen atoms in total. The Morgan fingerprint density at radius 2 is 1.69 bits per heavy atom. The first-order valence-corrected chi connectivity index (χ1v) is 6.60. The summed E-state index contributed by atoms with van der Waals surface area (Å²) >= 11 is 0. The molecule has 13 heavy (non-hydrogen) atoms. The minimum absolute atomic E-state index is 0.00106. The van der Waals surface area contributed by atoms with Crippen LogP contribution in [0, 0.1) is 0 Å². The van der Waals surface area contributed by atoms with Crippen LogP contribution < -0.4 is 0 Å². The lowest BCUT2D eigenvalue weighted by Gasteiger charge is -2.37. The van der Waals surface area contributed by atoms with E-state index in [2.05, 4.69) is 0 Å². The first-order chi connectivity index (χ1) is 6.12. The minimum atomic E-state index is -2.78. The average molecular weight is 202 g/mol. The van der Waals surface area contributed by atoms with E-state index in [0.29, 0.717) is 0 Å². The standard InChI is InChI=1S/C9H14O3S/c10-13(11)7-2-1-3-8(13)5-9(4-7)6-12-9/h7-8H,1-6H2. The van der Waals surface area contributed by atoms with Gasteiger partial charge >= 0.3 is 0 Å². The highest BCUT2D eigenvalue weighted by Crippen LogP contribution is 2.48. The minimum Gasteiger partial charge on any atom is -0.370 e. The molecule has 3 aliphatic rings. The summed E-state index contributed by atoms with van der Waals surface area (Å²) in [6, 6.07) is 0. The molecule has 3 fully saturated rings. The van der Waals surface area contributed by atoms with E-state index in [9.17, 15) is 8.42 Å². The van der Waals surface area contributed by atoms with Crippen LogP contribution in [0.1, 0.15) is 32.1 Å². The van der Waals surface area contributed by atoms with Gasteiger partial charge in [-0.1, -0.05) is 6.42 Å². The van der Waals surface area contributed by atoms with Gasteiger partial charge in [0.15, 0.2) is 9.84 Å². The molecule has 0 N–H and O–H groups in total. The maximum absolute atomic E-state index is 11.9. The second kappa shape index (κ2) is 2.28. The van der Waals surface area contributed by atoms with Gasteiger partial charge in [0.2, 0.25) is 0 Å². The van der Waals surface area contributed by atoms with Crippen LogP contribution in [-0.2, 0) is 14.6 Å². The van der Waals surface area contributed by atoms with Gasteiger partial charge in [0.1, 0.15) is 0 Å². The lowest BCUT2D eigenvalue weighted by molar-refractivity contribution is 0.238. The number of hydrogen-bond acceptors (Lipinski definition) is 3. The third kappa shape index (κ3) is 1.08. The molecule has 0 aromatic carbocycles. The maximum atomic E-state index is 11.9. The fourth-order valence-corrected chi connectivity index (χ4v) is 5.47. The largest absolute Gasteiger partial charge is 0.370 e. The zero-order chi connectivity index (χ0) is 9.10. The van der Waals surface area contributed by atoms with Gasteiger partial charge in [-0.25, -0.2) is 8.42 Å². The molecule has 2 bridgehead atoms. The number of rotatable bonds is 0. The zero-order valence-corrected chi connectivity index (χ0v) is 8.35. The van der Waals surface area contributed by atoms with Gasteiger partial charge in [-0.3, -0.25) is 0 Å². The Morgan fingerprint density at radius 3 is 2.15 bits per heavy atom. The molecule has 3 saturated heterocycles. The predicted octanol–water partition coefficient (Wildman–Crippen LogP) is 0.885. The Bertz CT molecular complexity index is 307. The third-order valence-electron chi connectivity index (χ3n) is 3.73. The molecular weight excluding hydrogens is 188 g/mol. The van der Waals surface area contributed by atoms with Crippen LogP contribution in [0.4, 0.5) is 0 Å². The maximum Gasteiger partial charge on any atom is 0.156 e. The van der Waals surface area contributed by atoms with E-state index >= 15 is 0 Å². The second-order valence-corrected chi connectivity index (χ2v) is 7.16. The molecule has 0 aromatic rings. The van der Waals surface area contributed by atoms with Crippen molar-refractivity contribution in [2.45, 2.75) is 48.2 Å². The van der Waals surface area contributed by atoms with Crippen LogP contribution >= 0.6 is 0 Å². The van der Waals surface area contributed by atoms with Crippen molar-refractivity contribution in [1.82, 2.24) is 0 Å². The molecule has 2 unspecified atom stereocenters. The number of ether oxygens (including phenoxy) is 1. The second-order valence-electron chi connectivity index (χ2n) is 4.64. The highest BCUT2D eigenvalue weighted by molar-refractivity contribution is 7.92. The molecule has 0 aromatic heterocycles. The summed E-state index contributed by atoms with van der Waals surface area (Å²) in [7, 11) is -2.78. The summed E-state index contributed by atoms with van der Waals surface area (Å²) in [5.41, 5.74) is 0.00106. The van der Waals surface area contributed by atoms with Gasteiger partial charge in [0.25, 0.3) is 0 Å². The Balaban J connectivity index is 1.97. The first kappa shape index (κ1) is 8.24. The Hall–Kier alpha value is -0.0900. The normalized spacial score (nSPS) is 52.0. The number of fused-ring (bicyclic) bond motifs is 2. The lowest BCUT2D eigenvalue weighted by atomic mass is 9.90. The number of epoxide rings is 1. The van der Waals surface area contributed by atoms with Crippen molar-refractivity contribution in [3.05, 3.63) is 0 Å². The van der Waals surface area contributed by atoms with Gasteiger partial charge in [-0.15, -0.1) is 0 Å². The van der Waals surface area contributed by atoms with E-state index < -0.39 is 9.84 Å². The SMILES string of the molecule is O=S1(=O)C2CCCC1CC1(CO1)C2. The summed E-state index contributed by atoms with van der Waals surface area (Å²) in [5.74, 6) is 0. The van der Waals surface area contributed by atoms with Crippen molar-refractivity contribution >= 4 is 9.84 Å². The Labute approximate surface area is 78.4 Å². The summed E-state index contributed by atoms with van der Waals surface area (Å²) in [6.07, 6.45) is 4.36. The van der Waals surface area contributed by atoms with Crippen LogP contribution in [-0.4, -0.2) is 31.1 Å². The quantitative estimate of drug-likeness (QED) is 0.548. The summed E-state index contributed by atoms with van der Waals surface area (Å²) in [6.45, 7) is 0.801. The van der Waals surface area contributed by atoms with Gasteiger partial charge in [0.05, 0.1) is 22.7 Å². The molecular formula is C9H14O3S. The van der Waals surface area contributed by atoms with E-state index in [1.54, 1.807) is 0 Å². The fraction of sp³-hybridized carbons (Fsp3) is 1.00. The predicted molar refractivity (Wildman–Crippen MR) is 48.3 cm³/mol. The van der Waals surface area contributed by atoms with Crippen LogP contribution in [0.15, 0.2) is 0 Å². The van der Waals surface area contributed by atoms with Crippen molar-refractivity contribution in [3.8, 4) is 0 Å². The molecule has 3 rings (SSSR count). The van der Waals surface area contributed by atoms with E-state index in [4.69, 9.17) is 4.74 Å². The van der Waals surface area contributed by atoms with Crippen molar-refractivity contribution in [3.63, 3.8) is 0 Å². The van der Waals surface area contributed by atoms with Crippen LogP contribution in [0.2, 0.25) is 0 Å². The molecule has 3 aliphatic heterocycles. The summed E-state index contributed by atoms with van der Waals surface area (Å²) in [5, 5.41) is -0.162. The molecule has 0 saturated carbocycles. The third-order valence-corrected chi connectivity index (χ3v) is 6.40. The number of sulfone groups is 1. The van der Waals surface area contributed by atoms with Crippen LogP contribution in [0.3, 0.4) is 0 Å². The zero-order valence-electron chi connectivity index (χ0n) is 7.53. The average Bonchev–Trinajstić information content (AvgIpc) is 2.74. The van der Waals surface area contributed by atoms with Gasteiger partial charge in [-0.2, -0.15) is 0 Å². The molecule has 2 atom stereocenters. The lowest BCUT2D eigenvalue weighted by Crippen LogP contribution is -2.46. The topological polar surface area (TPSA) is 46.7 Å². The highest BCUT2D eigenvalue weighted by Gasteiger charge is 2.57. The van der Waals surface area contributed by atoms with Crippen LogP contribution in [0.5, 0.6) is 0 Å². The fourth-order valence-electron chi connectivity index (χ4n) is 2.86. The Kier molecular flexibility index (Phi) is 1.45. The molecule has 1 spiro atoms. The van der Waals surface area contributed by atoms with Crippen molar-refractivity contribution in [1.29, 1.82) is 0 Å². The monoisotopic (exact) mass is 202 g/mol. The van der Waals surface area contributed by atoms with Gasteiger partial charge < -0.3 is 4.74 Å². The van der Waals surface area contributed by atoms with Crippen molar-refractivity contribution < 1.29 is 13.2 Å². The molecule has 0 radical (unpaired) electrons. The molecule has 3 heterocycles. The first-order valence-electron chi connectivity index (χ1n) is 4.99. The van der Waals surface area contributed by atoms with Gasteiger partial charge in [0, 0.05) is 0 Å². The van der Waals surface area contributed by atoms with Crippen molar-refractivity contribution in [2.75, 3.05) is 6.61 Å². The smallest absolute Gasteiger partial charge is 0.156 e. The summed E-state index contributed by atoms with van der Waals surface area (Å²) < 4.78 is 29.1. The molecule has 4 heteroatoms. The molecule has 74 valence electrons. The Morgan fingerprint density at radius 1 is 1.15 bits per heavy atom. The summed E-state index contributed by atoms with van der Waals surface area (Å²) in [4.78, 5) is 0. The number of hydrogen-bond donors (Lipinski definition) is 0.